The van der Waals surface area contributed by atoms with Crippen molar-refractivity contribution < 1.29 is 4.79 Å². The van der Waals surface area contributed by atoms with Gasteiger partial charge in [0.25, 0.3) is 0 Å². The topological polar surface area (TPSA) is 32.3 Å². The van der Waals surface area contributed by atoms with Gasteiger partial charge in [0.1, 0.15) is 0 Å². The summed E-state index contributed by atoms with van der Waals surface area (Å²) in [4.78, 5) is 14.1. The number of halogens is 1. The quantitative estimate of drug-likeness (QED) is 0.522. The third kappa shape index (κ3) is 8.20. The lowest BCUT2D eigenvalue weighted by molar-refractivity contribution is -0.116. The van der Waals surface area contributed by atoms with E-state index in [1.165, 1.54) is 6.42 Å². The molecular formula is C18H27ClN2O. The molecule has 0 fully saturated rings. The molecule has 0 bridgehead atoms. The summed E-state index contributed by atoms with van der Waals surface area (Å²) in [5.74, 6) is -0.0429. The first kappa shape index (κ1) is 18.7. The highest BCUT2D eigenvalue weighted by Gasteiger charge is 1.99. The summed E-state index contributed by atoms with van der Waals surface area (Å²) >= 11 is 5.82. The lowest BCUT2D eigenvalue weighted by Crippen LogP contribution is -2.25. The first-order chi connectivity index (χ1) is 10.7. The van der Waals surface area contributed by atoms with Gasteiger partial charge in [0.2, 0.25) is 5.91 Å². The van der Waals surface area contributed by atoms with Gasteiger partial charge in [0.05, 0.1) is 0 Å². The van der Waals surface area contributed by atoms with E-state index < -0.39 is 0 Å². The Hall–Kier alpha value is -1.32. The molecular weight excluding hydrogens is 296 g/mol. The normalized spacial score (nSPS) is 11.3. The molecule has 122 valence electrons. The second-order valence-electron chi connectivity index (χ2n) is 5.26. The van der Waals surface area contributed by atoms with Gasteiger partial charge in [-0.25, -0.2) is 0 Å². The summed E-state index contributed by atoms with van der Waals surface area (Å²) in [5.41, 5.74) is 0.971. The summed E-state index contributed by atoms with van der Waals surface area (Å²) in [6.45, 7) is 8.50. The van der Waals surface area contributed by atoms with Crippen LogP contribution in [0.15, 0.2) is 30.3 Å². The maximum Gasteiger partial charge on any atom is 0.243 e. The molecule has 0 unspecified atom stereocenters. The lowest BCUT2D eigenvalue weighted by atomic mass is 10.2. The number of amides is 1. The molecule has 0 spiro atoms. The fourth-order valence-corrected chi connectivity index (χ4v) is 2.32. The van der Waals surface area contributed by atoms with E-state index in [1.807, 2.05) is 24.3 Å². The Bertz CT molecular complexity index is 453. The Balaban J connectivity index is 2.12. The van der Waals surface area contributed by atoms with Crippen LogP contribution in [0.4, 0.5) is 0 Å². The largest absolute Gasteiger partial charge is 0.353 e. The predicted octanol–water partition coefficient (Wildman–Crippen LogP) is 3.98. The van der Waals surface area contributed by atoms with Crippen molar-refractivity contribution in [3.63, 3.8) is 0 Å². The van der Waals surface area contributed by atoms with Gasteiger partial charge in [-0.1, -0.05) is 44.0 Å². The van der Waals surface area contributed by atoms with Gasteiger partial charge in [-0.3, -0.25) is 4.79 Å². The van der Waals surface area contributed by atoms with E-state index in [2.05, 4.69) is 24.1 Å². The Kier molecular flexibility index (Phi) is 9.60. The fraction of sp³-hybridized carbons (Fsp3) is 0.500. The van der Waals surface area contributed by atoms with Crippen molar-refractivity contribution >= 4 is 23.6 Å². The van der Waals surface area contributed by atoms with Gasteiger partial charge in [0.15, 0.2) is 0 Å². The molecule has 0 aromatic heterocycles. The zero-order valence-electron chi connectivity index (χ0n) is 13.6. The standard InChI is InChI=1S/C18H27ClN2O/c1-3-21(4-2)15-7-5-6-14-20-18(22)13-10-16-8-11-17(19)12-9-16/h8-13H,3-7,14-15H2,1-2H3,(H,20,22)/b13-10+. The molecule has 4 heteroatoms. The molecule has 1 rings (SSSR count). The molecule has 22 heavy (non-hydrogen) atoms. The molecule has 0 saturated heterocycles. The number of rotatable bonds is 10. The van der Waals surface area contributed by atoms with Crippen molar-refractivity contribution in [1.82, 2.24) is 10.2 Å². The molecule has 0 radical (unpaired) electrons. The van der Waals surface area contributed by atoms with Crippen LogP contribution in [0.5, 0.6) is 0 Å². The highest BCUT2D eigenvalue weighted by Crippen LogP contribution is 2.10. The van der Waals surface area contributed by atoms with E-state index in [4.69, 9.17) is 11.6 Å². The minimum Gasteiger partial charge on any atom is -0.353 e. The Morgan fingerprint density at radius 1 is 1.14 bits per heavy atom. The number of carbonyl (C=O) groups is 1. The van der Waals surface area contributed by atoms with Gasteiger partial charge in [0, 0.05) is 17.6 Å². The van der Waals surface area contributed by atoms with E-state index in [0.717, 1.165) is 44.6 Å². The van der Waals surface area contributed by atoms with Crippen LogP contribution in [-0.2, 0) is 4.79 Å². The van der Waals surface area contributed by atoms with Crippen LogP contribution in [0.3, 0.4) is 0 Å². The van der Waals surface area contributed by atoms with E-state index in [1.54, 1.807) is 12.2 Å². The van der Waals surface area contributed by atoms with Gasteiger partial charge >= 0.3 is 0 Å². The lowest BCUT2D eigenvalue weighted by Gasteiger charge is -2.17. The van der Waals surface area contributed by atoms with Gasteiger partial charge in [-0.05, 0) is 56.2 Å². The number of nitrogens with zero attached hydrogens (tertiary/aromatic N) is 1. The number of carbonyl (C=O) groups excluding carboxylic acids is 1. The molecule has 0 aliphatic carbocycles. The number of benzene rings is 1. The highest BCUT2D eigenvalue weighted by atomic mass is 35.5. The molecule has 0 heterocycles. The van der Waals surface area contributed by atoms with E-state index >= 15 is 0 Å². The predicted molar refractivity (Wildman–Crippen MR) is 95.1 cm³/mol. The molecule has 3 nitrogen and oxygen atoms in total. The maximum atomic E-state index is 11.7. The molecule has 1 amide bonds. The summed E-state index contributed by atoms with van der Waals surface area (Å²) in [6, 6.07) is 7.41. The molecule has 1 aromatic carbocycles. The third-order valence-corrected chi connectivity index (χ3v) is 3.89. The number of hydrogen-bond donors (Lipinski definition) is 1. The number of unbranched alkanes of at least 4 members (excludes halogenated alkanes) is 2. The van der Waals surface area contributed by atoms with Crippen molar-refractivity contribution in [1.29, 1.82) is 0 Å². The number of nitrogens with one attached hydrogen (secondary N) is 1. The minimum absolute atomic E-state index is 0.0429. The first-order valence-electron chi connectivity index (χ1n) is 8.09. The highest BCUT2D eigenvalue weighted by molar-refractivity contribution is 6.30. The van der Waals surface area contributed by atoms with Crippen LogP contribution in [-0.4, -0.2) is 37.0 Å². The smallest absolute Gasteiger partial charge is 0.243 e. The van der Waals surface area contributed by atoms with Crippen molar-refractivity contribution in [3.8, 4) is 0 Å². The van der Waals surface area contributed by atoms with Gasteiger partial charge < -0.3 is 10.2 Å². The first-order valence-corrected chi connectivity index (χ1v) is 8.47. The number of hydrogen-bond acceptors (Lipinski definition) is 2. The van der Waals surface area contributed by atoms with Gasteiger partial charge in [-0.15, -0.1) is 0 Å². The van der Waals surface area contributed by atoms with Crippen LogP contribution in [0.1, 0.15) is 38.7 Å². The second-order valence-corrected chi connectivity index (χ2v) is 5.70. The Morgan fingerprint density at radius 2 is 1.82 bits per heavy atom. The molecule has 0 aliphatic heterocycles. The van der Waals surface area contributed by atoms with Crippen LogP contribution in [0.2, 0.25) is 5.02 Å². The average Bonchev–Trinajstić information content (AvgIpc) is 2.54. The van der Waals surface area contributed by atoms with Crippen molar-refractivity contribution in [2.24, 2.45) is 0 Å². The van der Waals surface area contributed by atoms with Crippen molar-refractivity contribution in [3.05, 3.63) is 40.9 Å². The molecule has 0 atom stereocenters. The van der Waals surface area contributed by atoms with Crippen LogP contribution in [0.25, 0.3) is 6.08 Å². The monoisotopic (exact) mass is 322 g/mol. The van der Waals surface area contributed by atoms with Gasteiger partial charge in [-0.2, -0.15) is 0 Å². The molecule has 0 saturated carbocycles. The second kappa shape index (κ2) is 11.3. The van der Waals surface area contributed by atoms with Crippen LogP contribution < -0.4 is 5.32 Å². The zero-order chi connectivity index (χ0) is 16.2. The van der Waals surface area contributed by atoms with E-state index in [9.17, 15) is 4.79 Å². The average molecular weight is 323 g/mol. The molecule has 1 N–H and O–H groups in total. The minimum atomic E-state index is -0.0429. The SMILES string of the molecule is CCN(CC)CCCCCNC(=O)/C=C/c1ccc(Cl)cc1. The van der Waals surface area contributed by atoms with Crippen molar-refractivity contribution in [2.75, 3.05) is 26.2 Å². The van der Waals surface area contributed by atoms with E-state index in [-0.39, 0.29) is 5.91 Å². The third-order valence-electron chi connectivity index (χ3n) is 3.64. The fourth-order valence-electron chi connectivity index (χ4n) is 2.19. The summed E-state index contributed by atoms with van der Waals surface area (Å²) in [5, 5.41) is 3.62. The molecule has 0 aliphatic rings. The summed E-state index contributed by atoms with van der Waals surface area (Å²) in [6.07, 6.45) is 6.74. The zero-order valence-corrected chi connectivity index (χ0v) is 14.4. The summed E-state index contributed by atoms with van der Waals surface area (Å²) in [7, 11) is 0. The summed E-state index contributed by atoms with van der Waals surface area (Å²) < 4.78 is 0. The van der Waals surface area contributed by atoms with Crippen LogP contribution >= 0.6 is 11.6 Å². The van der Waals surface area contributed by atoms with E-state index in [0.29, 0.717) is 5.02 Å². The van der Waals surface area contributed by atoms with Crippen LogP contribution in [0, 0.1) is 0 Å². The molecule has 1 aromatic rings. The van der Waals surface area contributed by atoms with Crippen molar-refractivity contribution in [2.45, 2.75) is 33.1 Å². The Labute approximate surface area is 139 Å². The Morgan fingerprint density at radius 3 is 2.45 bits per heavy atom. The maximum absolute atomic E-state index is 11.7.